The summed E-state index contributed by atoms with van der Waals surface area (Å²) >= 11 is 1.29. The van der Waals surface area contributed by atoms with Crippen molar-refractivity contribution in [2.24, 2.45) is 5.73 Å². The fourth-order valence-electron chi connectivity index (χ4n) is 5.41. The molecular weight excluding hydrogens is 600 g/mol. The van der Waals surface area contributed by atoms with Crippen molar-refractivity contribution >= 4 is 44.7 Å². The van der Waals surface area contributed by atoms with Crippen molar-refractivity contribution < 1.29 is 31.6 Å². The standard InChI is InChI=1S/C29H29F2N5O5S2/c1-15(24-10-17(14-42-24)26(32)33)35-28(39)23-11-18(43(2,40)41)13-36(23)25(37)12-34-27(38)16-7-8-20-19-5-3-4-6-21(19)29(30,31)22(20)9-16/h3-10,14-15,18,23H,11-13H2,1-2H3,(H3,32,33)(H,34,38)(H,35,39)/t15?,18-,23+/m1/s1. The third-order valence-electron chi connectivity index (χ3n) is 7.78. The Morgan fingerprint density at radius 3 is 2.49 bits per heavy atom. The van der Waals surface area contributed by atoms with E-state index in [0.717, 1.165) is 17.2 Å². The molecule has 1 unspecified atom stereocenters. The lowest BCUT2D eigenvalue weighted by molar-refractivity contribution is -0.137. The fraction of sp³-hybridized carbons (Fsp3) is 0.310. The van der Waals surface area contributed by atoms with Crippen LogP contribution in [0.1, 0.15) is 51.3 Å². The van der Waals surface area contributed by atoms with Gasteiger partial charge in [0.1, 0.15) is 11.9 Å². The Morgan fingerprint density at radius 1 is 1.12 bits per heavy atom. The number of nitrogen functional groups attached to an aromatic ring is 1. The minimum atomic E-state index is -3.60. The van der Waals surface area contributed by atoms with Gasteiger partial charge in [0.05, 0.1) is 17.8 Å². The number of likely N-dealkylation sites (tertiary alicyclic amines) is 1. The summed E-state index contributed by atoms with van der Waals surface area (Å²) in [6.45, 7) is 0.897. The summed E-state index contributed by atoms with van der Waals surface area (Å²) in [5, 5.41) is 13.5. The molecule has 1 fully saturated rings. The van der Waals surface area contributed by atoms with Gasteiger partial charge in [-0.1, -0.05) is 30.3 Å². The zero-order valence-electron chi connectivity index (χ0n) is 23.2. The molecule has 43 heavy (non-hydrogen) atoms. The molecule has 0 bridgehead atoms. The summed E-state index contributed by atoms with van der Waals surface area (Å²) in [6.07, 6.45) is 0.905. The van der Waals surface area contributed by atoms with Gasteiger partial charge in [-0.25, -0.2) is 8.42 Å². The summed E-state index contributed by atoms with van der Waals surface area (Å²) in [6, 6.07) is 10.1. The van der Waals surface area contributed by atoms with E-state index in [1.807, 2.05) is 0 Å². The summed E-state index contributed by atoms with van der Waals surface area (Å²) in [7, 11) is -3.60. The van der Waals surface area contributed by atoms with Gasteiger partial charge in [0, 0.05) is 45.3 Å². The number of hydrogen-bond acceptors (Lipinski definition) is 7. The molecule has 3 atom stereocenters. The first-order valence-electron chi connectivity index (χ1n) is 13.3. The number of hydrogen-bond donors (Lipinski definition) is 4. The van der Waals surface area contributed by atoms with Crippen molar-refractivity contribution in [3.8, 4) is 11.1 Å². The Bertz CT molecular complexity index is 1760. The Labute approximate surface area is 250 Å². The number of benzene rings is 2. The van der Waals surface area contributed by atoms with E-state index < -0.39 is 57.4 Å². The van der Waals surface area contributed by atoms with Gasteiger partial charge in [-0.05, 0) is 42.7 Å². The van der Waals surface area contributed by atoms with Crippen molar-refractivity contribution in [3.05, 3.63) is 81.0 Å². The molecule has 3 amide bonds. The van der Waals surface area contributed by atoms with Crippen LogP contribution in [0.25, 0.3) is 11.1 Å². The number of alkyl halides is 2. The molecule has 5 rings (SSSR count). The van der Waals surface area contributed by atoms with Crippen molar-refractivity contribution in [1.29, 1.82) is 5.41 Å². The lowest BCUT2D eigenvalue weighted by Crippen LogP contribution is -2.49. The molecule has 1 aliphatic heterocycles. The molecule has 10 nitrogen and oxygen atoms in total. The van der Waals surface area contributed by atoms with Crippen molar-refractivity contribution in [2.75, 3.05) is 19.3 Å². The van der Waals surface area contributed by atoms with Gasteiger partial charge < -0.3 is 21.3 Å². The number of carbonyl (C=O) groups is 3. The van der Waals surface area contributed by atoms with Gasteiger partial charge >= 0.3 is 0 Å². The normalized spacial score (nSPS) is 19.3. The van der Waals surface area contributed by atoms with Crippen LogP contribution >= 0.6 is 11.3 Å². The van der Waals surface area contributed by atoms with Crippen molar-refractivity contribution in [1.82, 2.24) is 15.5 Å². The van der Waals surface area contributed by atoms with Crippen LogP contribution in [0.4, 0.5) is 8.78 Å². The van der Waals surface area contributed by atoms with E-state index in [4.69, 9.17) is 11.1 Å². The van der Waals surface area contributed by atoms with Crippen LogP contribution in [0.5, 0.6) is 0 Å². The van der Waals surface area contributed by atoms with Crippen LogP contribution in [0.15, 0.2) is 53.9 Å². The number of fused-ring (bicyclic) bond motifs is 3. The van der Waals surface area contributed by atoms with E-state index in [9.17, 15) is 22.8 Å². The quantitative estimate of drug-likeness (QED) is 0.221. The third kappa shape index (κ3) is 5.76. The number of nitrogens with zero attached hydrogens (tertiary/aromatic N) is 1. The van der Waals surface area contributed by atoms with E-state index in [2.05, 4.69) is 10.6 Å². The predicted molar refractivity (Wildman–Crippen MR) is 158 cm³/mol. The van der Waals surface area contributed by atoms with E-state index in [0.29, 0.717) is 21.6 Å². The Hall–Kier alpha value is -4.17. The Kier molecular flexibility index (Phi) is 7.86. The molecule has 14 heteroatoms. The second-order valence-electron chi connectivity index (χ2n) is 10.7. The molecule has 0 radical (unpaired) electrons. The van der Waals surface area contributed by atoms with Gasteiger partial charge in [0.15, 0.2) is 9.84 Å². The van der Waals surface area contributed by atoms with E-state index in [1.165, 1.54) is 35.6 Å². The Balaban J connectivity index is 1.28. The second kappa shape index (κ2) is 11.2. The van der Waals surface area contributed by atoms with Crippen LogP contribution in [-0.2, 0) is 25.3 Å². The second-order valence-corrected chi connectivity index (χ2v) is 14.0. The highest BCUT2D eigenvalue weighted by atomic mass is 32.2. The van der Waals surface area contributed by atoms with Crippen LogP contribution in [0.3, 0.4) is 0 Å². The minimum Gasteiger partial charge on any atom is -0.384 e. The monoisotopic (exact) mass is 629 g/mol. The van der Waals surface area contributed by atoms with Gasteiger partial charge in [-0.2, -0.15) is 8.78 Å². The van der Waals surface area contributed by atoms with Gasteiger partial charge in [0.2, 0.25) is 11.8 Å². The zero-order chi connectivity index (χ0) is 31.3. The molecular formula is C29H29F2N5O5S2. The maximum absolute atomic E-state index is 15.1. The zero-order valence-corrected chi connectivity index (χ0v) is 24.8. The van der Waals surface area contributed by atoms with Crippen molar-refractivity contribution in [3.63, 3.8) is 0 Å². The number of carbonyl (C=O) groups excluding carboxylic acids is 3. The molecule has 3 aromatic rings. The average molecular weight is 630 g/mol. The van der Waals surface area contributed by atoms with Crippen LogP contribution < -0.4 is 16.4 Å². The minimum absolute atomic E-state index is 0.0709. The van der Waals surface area contributed by atoms with E-state index >= 15 is 8.78 Å². The smallest absolute Gasteiger partial charge is 0.299 e. The molecule has 0 spiro atoms. The summed E-state index contributed by atoms with van der Waals surface area (Å²) in [5.74, 6) is -5.44. The number of halogens is 2. The summed E-state index contributed by atoms with van der Waals surface area (Å²) < 4.78 is 54.8. The molecule has 1 aliphatic carbocycles. The molecule has 1 aromatic heterocycles. The van der Waals surface area contributed by atoms with Crippen LogP contribution in [0.2, 0.25) is 0 Å². The molecule has 5 N–H and O–H groups in total. The first kappa shape index (κ1) is 30.3. The van der Waals surface area contributed by atoms with Crippen LogP contribution in [-0.4, -0.2) is 67.5 Å². The molecule has 2 heterocycles. The fourth-order valence-corrected chi connectivity index (χ4v) is 7.29. The van der Waals surface area contributed by atoms with E-state index in [1.54, 1.807) is 30.5 Å². The number of nitrogens with two attached hydrogens (primary N) is 1. The number of amidine groups is 1. The Morgan fingerprint density at radius 2 is 1.81 bits per heavy atom. The maximum Gasteiger partial charge on any atom is 0.299 e. The van der Waals surface area contributed by atoms with Crippen molar-refractivity contribution in [2.45, 2.75) is 36.6 Å². The van der Waals surface area contributed by atoms with Gasteiger partial charge in [0.25, 0.3) is 11.8 Å². The number of amides is 3. The third-order valence-corrected chi connectivity index (χ3v) is 10.5. The maximum atomic E-state index is 15.1. The molecule has 2 aliphatic rings. The van der Waals surface area contributed by atoms with Gasteiger partial charge in [-0.3, -0.25) is 19.8 Å². The first-order chi connectivity index (χ1) is 20.2. The number of rotatable bonds is 8. The lowest BCUT2D eigenvalue weighted by atomic mass is 10.0. The average Bonchev–Trinajstić information content (AvgIpc) is 3.68. The van der Waals surface area contributed by atoms with Crippen LogP contribution in [0, 0.1) is 5.41 Å². The summed E-state index contributed by atoms with van der Waals surface area (Å²) in [4.78, 5) is 41.2. The highest BCUT2D eigenvalue weighted by molar-refractivity contribution is 7.91. The topological polar surface area (TPSA) is 163 Å². The first-order valence-corrected chi connectivity index (χ1v) is 16.1. The van der Waals surface area contributed by atoms with Gasteiger partial charge in [-0.15, -0.1) is 11.3 Å². The SMILES string of the molecule is CC(NC(=O)[C@@H]1C[C@@H](S(C)(=O)=O)CN1C(=O)CNC(=O)c1ccc2c(c1)C(F)(F)c1ccccc1-2)c1cc(C(=N)N)cs1. The lowest BCUT2D eigenvalue weighted by Gasteiger charge is -2.25. The predicted octanol–water partition coefficient (Wildman–Crippen LogP) is 2.77. The number of nitrogens with one attached hydrogen (secondary N) is 3. The highest BCUT2D eigenvalue weighted by Crippen LogP contribution is 2.50. The highest BCUT2D eigenvalue weighted by Gasteiger charge is 2.45. The molecule has 0 saturated carbocycles. The number of thiophene rings is 1. The summed E-state index contributed by atoms with van der Waals surface area (Å²) in [5.41, 5.74) is 6.19. The largest absolute Gasteiger partial charge is 0.384 e. The van der Waals surface area contributed by atoms with E-state index in [-0.39, 0.29) is 35.5 Å². The molecule has 226 valence electrons. The number of sulfone groups is 1. The molecule has 2 aromatic carbocycles. The molecule has 1 saturated heterocycles.